The summed E-state index contributed by atoms with van der Waals surface area (Å²) in [5.74, 6) is 2.19. The van der Waals surface area contributed by atoms with E-state index in [1.807, 2.05) is 28.6 Å². The number of piperidine rings is 1. The first kappa shape index (κ1) is 17.0. The maximum absolute atomic E-state index is 12.4. The van der Waals surface area contributed by atoms with Crippen molar-refractivity contribution in [3.05, 3.63) is 29.8 Å². The SMILES string of the molecule is Cc1ccc(-c2nnc(SCC(=O)N3CCC(C)CC3)n2C)cc1. The minimum Gasteiger partial charge on any atom is -0.342 e. The van der Waals surface area contributed by atoms with E-state index in [4.69, 9.17) is 0 Å². The van der Waals surface area contributed by atoms with Crippen molar-refractivity contribution in [1.82, 2.24) is 19.7 Å². The van der Waals surface area contributed by atoms with Gasteiger partial charge in [0.2, 0.25) is 5.91 Å². The lowest BCUT2D eigenvalue weighted by Gasteiger charge is -2.30. The molecule has 0 saturated carbocycles. The molecule has 1 aliphatic heterocycles. The van der Waals surface area contributed by atoms with Crippen LogP contribution in [0.25, 0.3) is 11.4 Å². The zero-order valence-corrected chi connectivity index (χ0v) is 15.3. The number of carbonyl (C=O) groups is 1. The van der Waals surface area contributed by atoms with Gasteiger partial charge in [0.15, 0.2) is 11.0 Å². The summed E-state index contributed by atoms with van der Waals surface area (Å²) in [5, 5.41) is 9.31. The number of thioether (sulfide) groups is 1. The van der Waals surface area contributed by atoms with Gasteiger partial charge in [-0.1, -0.05) is 48.5 Å². The fraction of sp³-hybridized carbons (Fsp3) is 0.500. The summed E-state index contributed by atoms with van der Waals surface area (Å²) in [4.78, 5) is 14.3. The Kier molecular flexibility index (Phi) is 5.23. The minimum atomic E-state index is 0.201. The van der Waals surface area contributed by atoms with Gasteiger partial charge in [0, 0.05) is 25.7 Å². The van der Waals surface area contributed by atoms with Crippen molar-refractivity contribution >= 4 is 17.7 Å². The summed E-state index contributed by atoms with van der Waals surface area (Å²) < 4.78 is 1.96. The van der Waals surface area contributed by atoms with Crippen LogP contribution in [0.2, 0.25) is 0 Å². The van der Waals surface area contributed by atoms with Gasteiger partial charge in [0.1, 0.15) is 0 Å². The Morgan fingerprint density at radius 2 is 1.88 bits per heavy atom. The molecule has 5 nitrogen and oxygen atoms in total. The van der Waals surface area contributed by atoms with Gasteiger partial charge < -0.3 is 9.47 Å². The topological polar surface area (TPSA) is 51.0 Å². The third-order valence-electron chi connectivity index (χ3n) is 4.61. The van der Waals surface area contributed by atoms with Crippen LogP contribution in [0.3, 0.4) is 0 Å². The van der Waals surface area contributed by atoms with Gasteiger partial charge in [-0.15, -0.1) is 10.2 Å². The summed E-state index contributed by atoms with van der Waals surface area (Å²) in [6, 6.07) is 8.23. The highest BCUT2D eigenvalue weighted by molar-refractivity contribution is 7.99. The van der Waals surface area contributed by atoms with Crippen molar-refractivity contribution in [2.24, 2.45) is 13.0 Å². The maximum atomic E-state index is 12.4. The molecule has 2 heterocycles. The molecule has 1 fully saturated rings. The highest BCUT2D eigenvalue weighted by atomic mass is 32.2. The van der Waals surface area contributed by atoms with Crippen LogP contribution >= 0.6 is 11.8 Å². The molecule has 0 radical (unpaired) electrons. The lowest BCUT2D eigenvalue weighted by molar-refractivity contribution is -0.129. The fourth-order valence-electron chi connectivity index (χ4n) is 2.87. The number of rotatable bonds is 4. The van der Waals surface area contributed by atoms with Crippen molar-refractivity contribution < 1.29 is 4.79 Å². The van der Waals surface area contributed by atoms with Crippen LogP contribution in [0.4, 0.5) is 0 Å². The first-order valence-electron chi connectivity index (χ1n) is 8.41. The number of carbonyl (C=O) groups excluding carboxylic acids is 1. The Morgan fingerprint density at radius 3 is 2.54 bits per heavy atom. The molecule has 1 saturated heterocycles. The molecule has 0 bridgehead atoms. The molecule has 1 aromatic heterocycles. The number of nitrogens with zero attached hydrogens (tertiary/aromatic N) is 4. The lowest BCUT2D eigenvalue weighted by Crippen LogP contribution is -2.38. The quantitative estimate of drug-likeness (QED) is 0.800. The van der Waals surface area contributed by atoms with Crippen LogP contribution in [0, 0.1) is 12.8 Å². The molecule has 1 amide bonds. The second-order valence-corrected chi connectivity index (χ2v) is 7.53. The van der Waals surface area contributed by atoms with Crippen LogP contribution in [-0.4, -0.2) is 44.4 Å². The van der Waals surface area contributed by atoms with Gasteiger partial charge in [0.25, 0.3) is 0 Å². The molecule has 2 aromatic rings. The van der Waals surface area contributed by atoms with Crippen molar-refractivity contribution in [1.29, 1.82) is 0 Å². The Morgan fingerprint density at radius 1 is 1.21 bits per heavy atom. The normalized spacial score (nSPS) is 15.7. The Hall–Kier alpha value is -1.82. The summed E-state index contributed by atoms with van der Waals surface area (Å²) in [6.07, 6.45) is 2.22. The highest BCUT2D eigenvalue weighted by Gasteiger charge is 2.21. The largest absolute Gasteiger partial charge is 0.342 e. The monoisotopic (exact) mass is 344 g/mol. The molecule has 1 aromatic carbocycles. The molecule has 1 aliphatic rings. The van der Waals surface area contributed by atoms with E-state index in [0.717, 1.165) is 48.4 Å². The third-order valence-corrected chi connectivity index (χ3v) is 5.61. The minimum absolute atomic E-state index is 0.201. The number of aryl methyl sites for hydroxylation is 1. The predicted octanol–water partition coefficient (Wildman–Crippen LogP) is 3.14. The van der Waals surface area contributed by atoms with Crippen LogP contribution in [-0.2, 0) is 11.8 Å². The fourth-order valence-corrected chi connectivity index (χ4v) is 3.68. The summed E-state index contributed by atoms with van der Waals surface area (Å²) in [7, 11) is 1.95. The van der Waals surface area contributed by atoms with Crippen molar-refractivity contribution in [2.45, 2.75) is 31.8 Å². The van der Waals surface area contributed by atoms with E-state index >= 15 is 0 Å². The molecular formula is C18H24N4OS. The van der Waals surface area contributed by atoms with Gasteiger partial charge in [-0.05, 0) is 25.7 Å². The van der Waals surface area contributed by atoms with E-state index < -0.39 is 0 Å². The third kappa shape index (κ3) is 3.80. The summed E-state index contributed by atoms with van der Waals surface area (Å²) in [6.45, 7) is 6.08. The summed E-state index contributed by atoms with van der Waals surface area (Å²) in [5.41, 5.74) is 2.26. The molecule has 0 aliphatic carbocycles. The smallest absolute Gasteiger partial charge is 0.233 e. The van der Waals surface area contributed by atoms with Crippen molar-refractivity contribution in [3.8, 4) is 11.4 Å². The van der Waals surface area contributed by atoms with Crippen LogP contribution in [0.15, 0.2) is 29.4 Å². The molecule has 0 N–H and O–H groups in total. The van der Waals surface area contributed by atoms with Crippen LogP contribution in [0.5, 0.6) is 0 Å². The first-order chi connectivity index (χ1) is 11.5. The zero-order chi connectivity index (χ0) is 17.1. The standard InChI is InChI=1S/C18H24N4OS/c1-13-4-6-15(7-5-13)17-19-20-18(21(17)3)24-12-16(23)22-10-8-14(2)9-11-22/h4-7,14H,8-12H2,1-3H3. The van der Waals surface area contributed by atoms with Crippen LogP contribution < -0.4 is 0 Å². The number of likely N-dealkylation sites (tertiary alicyclic amines) is 1. The van der Waals surface area contributed by atoms with E-state index in [1.165, 1.54) is 17.3 Å². The molecule has 6 heteroatoms. The molecule has 0 unspecified atom stereocenters. The Labute approximate surface area is 147 Å². The van der Waals surface area contributed by atoms with E-state index in [2.05, 4.69) is 36.2 Å². The molecule has 24 heavy (non-hydrogen) atoms. The van der Waals surface area contributed by atoms with Crippen LogP contribution in [0.1, 0.15) is 25.3 Å². The number of aromatic nitrogens is 3. The number of amides is 1. The highest BCUT2D eigenvalue weighted by Crippen LogP contribution is 2.24. The Balaban J connectivity index is 1.62. The maximum Gasteiger partial charge on any atom is 0.233 e. The number of hydrogen-bond acceptors (Lipinski definition) is 4. The van der Waals surface area contributed by atoms with Gasteiger partial charge in [-0.2, -0.15) is 0 Å². The van der Waals surface area contributed by atoms with E-state index in [9.17, 15) is 4.79 Å². The zero-order valence-electron chi connectivity index (χ0n) is 14.5. The number of hydrogen-bond donors (Lipinski definition) is 0. The molecule has 3 rings (SSSR count). The first-order valence-corrected chi connectivity index (χ1v) is 9.40. The van der Waals surface area contributed by atoms with E-state index in [1.54, 1.807) is 0 Å². The Bertz CT molecular complexity index is 702. The van der Waals surface area contributed by atoms with E-state index in [0.29, 0.717) is 5.75 Å². The molecule has 0 spiro atoms. The molecular weight excluding hydrogens is 320 g/mol. The van der Waals surface area contributed by atoms with Crippen molar-refractivity contribution in [3.63, 3.8) is 0 Å². The van der Waals surface area contributed by atoms with Gasteiger partial charge in [0.05, 0.1) is 5.75 Å². The average Bonchev–Trinajstić information content (AvgIpc) is 2.95. The van der Waals surface area contributed by atoms with E-state index in [-0.39, 0.29) is 5.91 Å². The second-order valence-electron chi connectivity index (χ2n) is 6.58. The lowest BCUT2D eigenvalue weighted by atomic mass is 9.99. The molecule has 128 valence electrons. The second kappa shape index (κ2) is 7.38. The van der Waals surface area contributed by atoms with Gasteiger partial charge >= 0.3 is 0 Å². The van der Waals surface area contributed by atoms with Gasteiger partial charge in [-0.3, -0.25) is 4.79 Å². The predicted molar refractivity (Wildman–Crippen MR) is 96.9 cm³/mol. The number of benzene rings is 1. The van der Waals surface area contributed by atoms with Gasteiger partial charge in [-0.25, -0.2) is 0 Å². The average molecular weight is 344 g/mol. The van der Waals surface area contributed by atoms with Crippen molar-refractivity contribution in [2.75, 3.05) is 18.8 Å². The molecule has 0 atom stereocenters. The summed E-state index contributed by atoms with van der Waals surface area (Å²) >= 11 is 1.47.